The summed E-state index contributed by atoms with van der Waals surface area (Å²) in [6.45, 7) is 1.86. The lowest BCUT2D eigenvalue weighted by Crippen LogP contribution is -1.99. The molecule has 2 nitrogen and oxygen atoms in total. The molecule has 66 valence electrons. The predicted molar refractivity (Wildman–Crippen MR) is 49.5 cm³/mol. The fourth-order valence-corrected chi connectivity index (χ4v) is 1.37. The number of aliphatic hydroxyl groups excluding tert-OH is 1. The molecule has 0 saturated carbocycles. The van der Waals surface area contributed by atoms with Gasteiger partial charge in [0.1, 0.15) is 0 Å². The van der Waals surface area contributed by atoms with Crippen molar-refractivity contribution in [3.8, 4) is 0 Å². The molecule has 0 amide bonds. The molecule has 4 heteroatoms. The first-order valence-corrected chi connectivity index (χ1v) is 4.39. The Morgan fingerprint density at radius 1 is 1.58 bits per heavy atom. The number of rotatable bonds is 2. The number of hydrogen-bond acceptors (Lipinski definition) is 2. The largest absolute Gasteiger partial charge is 0.387 e. The van der Waals surface area contributed by atoms with E-state index >= 15 is 0 Å². The van der Waals surface area contributed by atoms with Crippen LogP contribution in [0.15, 0.2) is 12.3 Å². The van der Waals surface area contributed by atoms with E-state index in [0.29, 0.717) is 22.2 Å². The lowest BCUT2D eigenvalue weighted by atomic mass is 10.2. The molecule has 1 atom stereocenters. The molecule has 0 fully saturated rings. The third-order valence-corrected chi connectivity index (χ3v) is 2.05. The first-order chi connectivity index (χ1) is 5.65. The summed E-state index contributed by atoms with van der Waals surface area (Å²) in [5.74, 6) is 0. The molecular weight excluding hydrogens is 197 g/mol. The SMILES string of the molecule is CC[C@H](O)c1ncc(Cl)cc1Cl. The van der Waals surface area contributed by atoms with E-state index in [0.717, 1.165) is 0 Å². The molecule has 0 aliphatic carbocycles. The van der Waals surface area contributed by atoms with Gasteiger partial charge in [-0.1, -0.05) is 30.1 Å². The Morgan fingerprint density at radius 2 is 2.25 bits per heavy atom. The summed E-state index contributed by atoms with van der Waals surface area (Å²) in [6.07, 6.45) is 1.46. The second-order valence-electron chi connectivity index (χ2n) is 2.44. The summed E-state index contributed by atoms with van der Waals surface area (Å²) in [5, 5.41) is 10.3. The van der Waals surface area contributed by atoms with Gasteiger partial charge in [-0.3, -0.25) is 4.98 Å². The zero-order valence-electron chi connectivity index (χ0n) is 6.59. The van der Waals surface area contributed by atoms with Gasteiger partial charge in [-0.25, -0.2) is 0 Å². The van der Waals surface area contributed by atoms with Crippen LogP contribution in [-0.4, -0.2) is 10.1 Å². The van der Waals surface area contributed by atoms with Gasteiger partial charge in [-0.2, -0.15) is 0 Å². The number of halogens is 2. The van der Waals surface area contributed by atoms with Crippen LogP contribution in [0.4, 0.5) is 0 Å². The second kappa shape index (κ2) is 4.08. The zero-order valence-corrected chi connectivity index (χ0v) is 8.10. The molecule has 0 radical (unpaired) electrons. The van der Waals surface area contributed by atoms with E-state index in [9.17, 15) is 5.11 Å². The summed E-state index contributed by atoms with van der Waals surface area (Å²) in [5.41, 5.74) is 0.489. The Bertz CT molecular complexity index is 278. The van der Waals surface area contributed by atoms with Gasteiger partial charge in [-0.15, -0.1) is 0 Å². The quantitative estimate of drug-likeness (QED) is 0.806. The smallest absolute Gasteiger partial charge is 0.0972 e. The summed E-state index contributed by atoms with van der Waals surface area (Å²) >= 11 is 11.4. The van der Waals surface area contributed by atoms with Gasteiger partial charge in [0, 0.05) is 6.20 Å². The van der Waals surface area contributed by atoms with Crippen molar-refractivity contribution in [3.63, 3.8) is 0 Å². The van der Waals surface area contributed by atoms with E-state index in [-0.39, 0.29) is 0 Å². The molecular formula is C8H9Cl2NO. The van der Waals surface area contributed by atoms with Crippen molar-refractivity contribution in [2.75, 3.05) is 0 Å². The lowest BCUT2D eigenvalue weighted by Gasteiger charge is -2.08. The van der Waals surface area contributed by atoms with Gasteiger partial charge >= 0.3 is 0 Å². The van der Waals surface area contributed by atoms with Crippen LogP contribution in [0.1, 0.15) is 25.1 Å². The maximum absolute atomic E-state index is 9.41. The van der Waals surface area contributed by atoms with Crippen molar-refractivity contribution >= 4 is 23.2 Å². The van der Waals surface area contributed by atoms with E-state index in [4.69, 9.17) is 23.2 Å². The van der Waals surface area contributed by atoms with Crippen molar-refractivity contribution in [1.82, 2.24) is 4.98 Å². The van der Waals surface area contributed by atoms with Crippen LogP contribution in [0.5, 0.6) is 0 Å². The molecule has 0 unspecified atom stereocenters. The molecule has 1 aromatic rings. The Kier molecular flexibility index (Phi) is 3.32. The fourth-order valence-electron chi connectivity index (χ4n) is 0.864. The minimum absolute atomic E-state index is 0.414. The molecule has 0 aliphatic rings. The van der Waals surface area contributed by atoms with Crippen molar-refractivity contribution < 1.29 is 5.11 Å². The third kappa shape index (κ3) is 2.09. The minimum atomic E-state index is -0.602. The summed E-state index contributed by atoms with van der Waals surface area (Å²) in [4.78, 5) is 3.93. The normalized spacial score (nSPS) is 13.0. The average Bonchev–Trinajstić information content (AvgIpc) is 2.03. The van der Waals surface area contributed by atoms with Gasteiger partial charge in [0.05, 0.1) is 21.8 Å². The van der Waals surface area contributed by atoms with E-state index in [1.54, 1.807) is 6.07 Å². The van der Waals surface area contributed by atoms with Crippen LogP contribution in [0.25, 0.3) is 0 Å². The molecule has 1 N–H and O–H groups in total. The predicted octanol–water partition coefficient (Wildman–Crippen LogP) is 2.83. The maximum atomic E-state index is 9.41. The minimum Gasteiger partial charge on any atom is -0.387 e. The Balaban J connectivity index is 3.01. The topological polar surface area (TPSA) is 33.1 Å². The van der Waals surface area contributed by atoms with E-state index in [1.165, 1.54) is 6.20 Å². The lowest BCUT2D eigenvalue weighted by molar-refractivity contribution is 0.169. The highest BCUT2D eigenvalue weighted by atomic mass is 35.5. The van der Waals surface area contributed by atoms with Crippen molar-refractivity contribution in [3.05, 3.63) is 28.0 Å². The van der Waals surface area contributed by atoms with Gasteiger partial charge in [0.2, 0.25) is 0 Å². The van der Waals surface area contributed by atoms with Crippen LogP contribution >= 0.6 is 23.2 Å². The maximum Gasteiger partial charge on any atom is 0.0972 e. The van der Waals surface area contributed by atoms with Gasteiger partial charge in [0.15, 0.2) is 0 Å². The number of aliphatic hydroxyl groups is 1. The Morgan fingerprint density at radius 3 is 2.75 bits per heavy atom. The van der Waals surface area contributed by atoms with Gasteiger partial charge in [-0.05, 0) is 12.5 Å². The first kappa shape index (κ1) is 9.78. The number of aromatic nitrogens is 1. The monoisotopic (exact) mass is 205 g/mol. The van der Waals surface area contributed by atoms with Crippen molar-refractivity contribution in [2.45, 2.75) is 19.4 Å². The number of pyridine rings is 1. The first-order valence-electron chi connectivity index (χ1n) is 3.64. The summed E-state index contributed by atoms with van der Waals surface area (Å²) in [7, 11) is 0. The van der Waals surface area contributed by atoms with Crippen LogP contribution in [0.3, 0.4) is 0 Å². The molecule has 0 aromatic carbocycles. The van der Waals surface area contributed by atoms with E-state index in [1.807, 2.05) is 6.92 Å². The molecule has 0 saturated heterocycles. The van der Waals surface area contributed by atoms with Gasteiger partial charge < -0.3 is 5.11 Å². The van der Waals surface area contributed by atoms with Crippen LogP contribution in [0.2, 0.25) is 10.0 Å². The highest BCUT2D eigenvalue weighted by Gasteiger charge is 2.10. The van der Waals surface area contributed by atoms with Crippen LogP contribution < -0.4 is 0 Å². The second-order valence-corrected chi connectivity index (χ2v) is 3.29. The average molecular weight is 206 g/mol. The third-order valence-electron chi connectivity index (χ3n) is 1.54. The molecule has 1 heterocycles. The fraction of sp³-hybridized carbons (Fsp3) is 0.375. The summed E-state index contributed by atoms with van der Waals surface area (Å²) in [6, 6.07) is 1.57. The highest BCUT2D eigenvalue weighted by Crippen LogP contribution is 2.24. The highest BCUT2D eigenvalue weighted by molar-refractivity contribution is 6.34. The molecule has 0 bridgehead atoms. The number of nitrogens with zero attached hydrogens (tertiary/aromatic N) is 1. The molecule has 0 spiro atoms. The molecule has 1 rings (SSSR count). The van der Waals surface area contributed by atoms with Crippen LogP contribution in [0, 0.1) is 0 Å². The van der Waals surface area contributed by atoms with E-state index in [2.05, 4.69) is 4.98 Å². The molecule has 1 aromatic heterocycles. The van der Waals surface area contributed by atoms with Crippen molar-refractivity contribution in [2.24, 2.45) is 0 Å². The van der Waals surface area contributed by atoms with E-state index < -0.39 is 6.10 Å². The Labute approximate surface area is 81.1 Å². The van der Waals surface area contributed by atoms with Crippen molar-refractivity contribution in [1.29, 1.82) is 0 Å². The summed E-state index contributed by atoms with van der Waals surface area (Å²) < 4.78 is 0. The van der Waals surface area contributed by atoms with Gasteiger partial charge in [0.25, 0.3) is 0 Å². The number of hydrogen-bond donors (Lipinski definition) is 1. The zero-order chi connectivity index (χ0) is 9.14. The Hall–Kier alpha value is -0.310. The standard InChI is InChI=1S/C8H9Cl2NO/c1-2-7(12)8-6(10)3-5(9)4-11-8/h3-4,7,12H,2H2,1H3/t7-/m0/s1. The van der Waals surface area contributed by atoms with Crippen LogP contribution in [-0.2, 0) is 0 Å². The molecule has 12 heavy (non-hydrogen) atoms. The molecule has 0 aliphatic heterocycles.